The first-order valence-electron chi connectivity index (χ1n) is 8.29. The molecule has 0 radical (unpaired) electrons. The number of rotatable bonds is 3. The first kappa shape index (κ1) is 18.4. The molecule has 0 aliphatic rings. The molecule has 0 saturated carbocycles. The molecule has 0 aliphatic carbocycles. The van der Waals surface area contributed by atoms with Gasteiger partial charge >= 0.3 is 0 Å². The molecule has 7 heteroatoms. The van der Waals surface area contributed by atoms with Gasteiger partial charge < -0.3 is 10.3 Å². The largest absolute Gasteiger partial charge is 0.382 e. The highest BCUT2D eigenvalue weighted by Gasteiger charge is 2.24. The second kappa shape index (κ2) is 6.74. The molecule has 0 bridgehead atoms. The van der Waals surface area contributed by atoms with Crippen LogP contribution in [0.25, 0.3) is 22.4 Å². The molecule has 0 saturated heterocycles. The summed E-state index contributed by atoms with van der Waals surface area (Å²) in [5, 5.41) is 5.36. The lowest BCUT2D eigenvalue weighted by atomic mass is 10.0. The molecule has 4 N–H and O–H groups in total. The van der Waals surface area contributed by atoms with E-state index >= 15 is 0 Å². The maximum atomic E-state index is 6.20. The summed E-state index contributed by atoms with van der Waals surface area (Å²) in [6, 6.07) is 14.0. The molecule has 0 spiro atoms. The highest BCUT2D eigenvalue weighted by Crippen LogP contribution is 2.33. The first-order valence-corrected chi connectivity index (χ1v) is 9.08. The summed E-state index contributed by atoms with van der Waals surface area (Å²) in [7, 11) is 1.64. The van der Waals surface area contributed by atoms with E-state index in [9.17, 15) is 0 Å². The van der Waals surface area contributed by atoms with Gasteiger partial charge in [-0.3, -0.25) is 0 Å². The van der Waals surface area contributed by atoms with Crippen LogP contribution in [0, 0.1) is 0 Å². The highest BCUT2D eigenvalue weighted by molar-refractivity contribution is 9.10. The number of nitrogens with two attached hydrogens (primary N) is 2. The summed E-state index contributed by atoms with van der Waals surface area (Å²) >= 11 is 3.53. The number of hydrazone groups is 1. The van der Waals surface area contributed by atoms with Crippen molar-refractivity contribution in [3.8, 4) is 11.4 Å². The maximum Gasteiger partial charge on any atom is 0.153 e. The molecular weight excluding hydrogens is 392 g/mol. The lowest BCUT2D eigenvalue weighted by Crippen LogP contribution is -2.27. The fourth-order valence-corrected chi connectivity index (χ4v) is 3.39. The smallest absolute Gasteiger partial charge is 0.153 e. The molecule has 6 nitrogen and oxygen atoms in total. The monoisotopic (exact) mass is 414 g/mol. The van der Waals surface area contributed by atoms with E-state index in [0.717, 1.165) is 32.5 Å². The van der Waals surface area contributed by atoms with Crippen molar-refractivity contribution >= 4 is 32.8 Å². The predicted octanol–water partition coefficient (Wildman–Crippen LogP) is 3.65. The molecule has 0 unspecified atom stereocenters. The van der Waals surface area contributed by atoms with Crippen molar-refractivity contribution < 1.29 is 0 Å². The van der Waals surface area contributed by atoms with Crippen LogP contribution in [0.5, 0.6) is 0 Å². The van der Waals surface area contributed by atoms with Crippen molar-refractivity contribution in [1.82, 2.24) is 14.7 Å². The van der Waals surface area contributed by atoms with E-state index in [2.05, 4.69) is 52.4 Å². The maximum absolute atomic E-state index is 6.20. The average Bonchev–Trinajstić information content (AvgIpc) is 2.92. The van der Waals surface area contributed by atoms with E-state index in [1.54, 1.807) is 7.05 Å². The van der Waals surface area contributed by atoms with Crippen molar-refractivity contribution in [3.05, 3.63) is 52.5 Å². The molecule has 3 aromatic rings. The molecule has 26 heavy (non-hydrogen) atoms. The van der Waals surface area contributed by atoms with Crippen molar-refractivity contribution in [2.45, 2.75) is 26.3 Å². The van der Waals surface area contributed by atoms with Crippen LogP contribution in [-0.4, -0.2) is 27.6 Å². The van der Waals surface area contributed by atoms with Crippen molar-refractivity contribution in [2.75, 3.05) is 7.05 Å². The summed E-state index contributed by atoms with van der Waals surface area (Å²) in [6.07, 6.45) is 0. The number of benzene rings is 2. The number of halogens is 1. The molecule has 0 atom stereocenters. The first-order chi connectivity index (χ1) is 12.2. The zero-order valence-electron chi connectivity index (χ0n) is 15.4. The number of aromatic nitrogens is 2. The van der Waals surface area contributed by atoms with Crippen LogP contribution >= 0.6 is 15.9 Å². The van der Waals surface area contributed by atoms with Gasteiger partial charge in [-0.05, 0) is 39.0 Å². The highest BCUT2D eigenvalue weighted by atomic mass is 79.9. The average molecular weight is 415 g/mol. The van der Waals surface area contributed by atoms with Gasteiger partial charge in [0.25, 0.3) is 0 Å². The Hall–Kier alpha value is -2.38. The van der Waals surface area contributed by atoms with Gasteiger partial charge in [-0.15, -0.1) is 5.10 Å². The van der Waals surface area contributed by atoms with E-state index in [1.807, 2.05) is 36.4 Å². The lowest BCUT2D eigenvalue weighted by molar-refractivity contribution is 0.371. The number of imidazole rings is 1. The third-order valence-electron chi connectivity index (χ3n) is 4.00. The molecule has 136 valence electrons. The van der Waals surface area contributed by atoms with Crippen LogP contribution in [0.4, 0.5) is 0 Å². The van der Waals surface area contributed by atoms with E-state index in [1.165, 1.54) is 5.12 Å². The van der Waals surface area contributed by atoms with Gasteiger partial charge in [0.15, 0.2) is 5.84 Å². The summed E-state index contributed by atoms with van der Waals surface area (Å²) in [5.41, 5.74) is 9.73. The molecule has 1 aromatic heterocycles. The molecular formula is C19H23BrN6. The fourth-order valence-electron chi connectivity index (χ4n) is 3.04. The predicted molar refractivity (Wildman–Crippen MR) is 111 cm³/mol. The van der Waals surface area contributed by atoms with E-state index in [-0.39, 0.29) is 5.54 Å². The molecule has 0 aliphatic heterocycles. The number of fused-ring (bicyclic) bond motifs is 1. The van der Waals surface area contributed by atoms with E-state index in [4.69, 9.17) is 16.6 Å². The van der Waals surface area contributed by atoms with Crippen LogP contribution < -0.4 is 11.6 Å². The van der Waals surface area contributed by atoms with E-state index < -0.39 is 0 Å². The lowest BCUT2D eigenvalue weighted by Gasteiger charge is -2.25. The van der Waals surface area contributed by atoms with Crippen LogP contribution in [0.15, 0.2) is 52.0 Å². The zero-order valence-corrected chi connectivity index (χ0v) is 16.9. The molecule has 3 rings (SSSR count). The van der Waals surface area contributed by atoms with Gasteiger partial charge in [0.2, 0.25) is 0 Å². The number of nitrogens with zero attached hydrogens (tertiary/aromatic N) is 4. The molecule has 1 heterocycles. The van der Waals surface area contributed by atoms with Gasteiger partial charge in [0.1, 0.15) is 5.82 Å². The summed E-state index contributed by atoms with van der Waals surface area (Å²) in [5.74, 6) is 6.83. The molecule has 2 aromatic carbocycles. The number of hydrogen-bond donors (Lipinski definition) is 2. The second-order valence-corrected chi connectivity index (χ2v) is 8.09. The molecule has 0 fully saturated rings. The van der Waals surface area contributed by atoms with Gasteiger partial charge in [-0.1, -0.05) is 40.2 Å². The van der Waals surface area contributed by atoms with Crippen LogP contribution in [0.2, 0.25) is 0 Å². The van der Waals surface area contributed by atoms with Gasteiger partial charge in [0.05, 0.1) is 11.0 Å². The van der Waals surface area contributed by atoms with Crippen LogP contribution in [0.1, 0.15) is 26.3 Å². The standard InChI is InChI=1S/C19H23BrN6/c1-19(2,3)26-16-10-9-12(20)11-15(16)23-18(26)14-8-6-5-7-13(14)17(21)24-25(4)22/h5-11H,22H2,1-4H3,(H2,21,24). The second-order valence-electron chi connectivity index (χ2n) is 7.18. The number of hydrazine groups is 1. The number of hydrogen-bond acceptors (Lipinski definition) is 4. The minimum atomic E-state index is -0.165. The molecule has 0 amide bonds. The van der Waals surface area contributed by atoms with Crippen molar-refractivity contribution in [3.63, 3.8) is 0 Å². The van der Waals surface area contributed by atoms with Crippen molar-refractivity contribution in [1.29, 1.82) is 0 Å². The fraction of sp³-hybridized carbons (Fsp3) is 0.263. The zero-order chi connectivity index (χ0) is 19.1. The Bertz CT molecular complexity index is 981. The quantitative estimate of drug-likeness (QED) is 0.296. The summed E-state index contributed by atoms with van der Waals surface area (Å²) in [4.78, 5) is 4.91. The Morgan fingerprint density at radius 1 is 1.19 bits per heavy atom. The van der Waals surface area contributed by atoms with Gasteiger partial charge in [0, 0.05) is 28.2 Å². The Labute approximate surface area is 161 Å². The SMILES string of the molecule is CN(N)/N=C(\N)c1ccccc1-c1nc2cc(Br)ccc2n1C(C)(C)C. The van der Waals surface area contributed by atoms with Crippen LogP contribution in [0.3, 0.4) is 0 Å². The number of amidine groups is 1. The van der Waals surface area contributed by atoms with E-state index in [0.29, 0.717) is 5.84 Å². The topological polar surface area (TPSA) is 85.5 Å². The van der Waals surface area contributed by atoms with Gasteiger partial charge in [-0.25, -0.2) is 15.9 Å². The third-order valence-corrected chi connectivity index (χ3v) is 4.49. The third kappa shape index (κ3) is 3.45. The van der Waals surface area contributed by atoms with Crippen molar-refractivity contribution in [2.24, 2.45) is 16.7 Å². The Morgan fingerprint density at radius 3 is 2.54 bits per heavy atom. The Morgan fingerprint density at radius 2 is 1.88 bits per heavy atom. The normalized spacial score (nSPS) is 12.6. The minimum Gasteiger partial charge on any atom is -0.382 e. The van der Waals surface area contributed by atoms with Gasteiger partial charge in [-0.2, -0.15) is 0 Å². The Kier molecular flexibility index (Phi) is 4.77. The minimum absolute atomic E-state index is 0.165. The summed E-state index contributed by atoms with van der Waals surface area (Å²) < 4.78 is 3.22. The van der Waals surface area contributed by atoms with Crippen LogP contribution in [-0.2, 0) is 5.54 Å². The Balaban J connectivity index is 2.34. The summed E-state index contributed by atoms with van der Waals surface area (Å²) in [6.45, 7) is 6.48.